The molecule has 0 aromatic heterocycles. The quantitative estimate of drug-likeness (QED) is 0.723. The van der Waals surface area contributed by atoms with Crippen LogP contribution < -0.4 is 15.4 Å². The van der Waals surface area contributed by atoms with E-state index in [9.17, 15) is 4.79 Å². The maximum atomic E-state index is 11.8. The van der Waals surface area contributed by atoms with Gasteiger partial charge in [-0.2, -0.15) is 0 Å². The second-order valence-electron chi connectivity index (χ2n) is 5.69. The zero-order valence-electron chi connectivity index (χ0n) is 13.4. The molecule has 0 aliphatic heterocycles. The van der Waals surface area contributed by atoms with E-state index >= 15 is 0 Å². The van der Waals surface area contributed by atoms with Crippen LogP contribution in [0.3, 0.4) is 0 Å². The van der Waals surface area contributed by atoms with E-state index < -0.39 is 0 Å². The van der Waals surface area contributed by atoms with E-state index in [1.165, 1.54) is 0 Å². The summed E-state index contributed by atoms with van der Waals surface area (Å²) in [4.78, 5) is 11.8. The van der Waals surface area contributed by atoms with Crippen LogP contribution in [0.15, 0.2) is 24.3 Å². The van der Waals surface area contributed by atoms with Gasteiger partial charge in [-0.15, -0.1) is 0 Å². The fourth-order valence-corrected chi connectivity index (χ4v) is 1.73. The number of para-hydroxylation sites is 2. The normalized spacial score (nSPS) is 11.0. The molecule has 21 heavy (non-hydrogen) atoms. The molecule has 0 heterocycles. The highest BCUT2D eigenvalue weighted by Gasteiger charge is 2.13. The molecule has 0 unspecified atom stereocenters. The molecule has 0 saturated carbocycles. The van der Waals surface area contributed by atoms with Gasteiger partial charge < -0.3 is 20.1 Å². The molecule has 0 bridgehead atoms. The zero-order valence-corrected chi connectivity index (χ0v) is 13.4. The number of nitrogens with one attached hydrogen (secondary N) is 2. The second-order valence-corrected chi connectivity index (χ2v) is 5.69. The van der Waals surface area contributed by atoms with Crippen molar-refractivity contribution in [2.45, 2.75) is 33.2 Å². The van der Waals surface area contributed by atoms with Gasteiger partial charge in [0.15, 0.2) is 0 Å². The van der Waals surface area contributed by atoms with Crippen molar-refractivity contribution >= 4 is 11.6 Å². The number of hydrogen-bond donors (Lipinski definition) is 2. The third kappa shape index (κ3) is 7.56. The lowest BCUT2D eigenvalue weighted by Gasteiger charge is -2.21. The van der Waals surface area contributed by atoms with Crippen molar-refractivity contribution in [2.75, 3.05) is 31.7 Å². The Morgan fingerprint density at radius 2 is 1.90 bits per heavy atom. The number of rotatable bonds is 8. The Balaban J connectivity index is 2.49. The molecular formula is C16H26N2O3. The van der Waals surface area contributed by atoms with Crippen molar-refractivity contribution in [3.63, 3.8) is 0 Å². The summed E-state index contributed by atoms with van der Waals surface area (Å²) in [5.41, 5.74) is 0.574. The SMILES string of the molecule is CCOCCOc1ccccc1NCC(=O)NC(C)(C)C. The molecule has 118 valence electrons. The molecule has 1 aromatic carbocycles. The highest BCUT2D eigenvalue weighted by molar-refractivity contribution is 5.81. The van der Waals surface area contributed by atoms with Gasteiger partial charge in [-0.3, -0.25) is 4.79 Å². The van der Waals surface area contributed by atoms with E-state index in [1.807, 2.05) is 52.0 Å². The Hall–Kier alpha value is -1.75. The van der Waals surface area contributed by atoms with E-state index in [4.69, 9.17) is 9.47 Å². The fourth-order valence-electron chi connectivity index (χ4n) is 1.73. The first-order chi connectivity index (χ1) is 9.92. The van der Waals surface area contributed by atoms with E-state index in [0.29, 0.717) is 19.8 Å². The van der Waals surface area contributed by atoms with Gasteiger partial charge in [0.25, 0.3) is 0 Å². The van der Waals surface area contributed by atoms with Crippen molar-refractivity contribution in [3.05, 3.63) is 24.3 Å². The molecule has 1 rings (SSSR count). The average molecular weight is 294 g/mol. The van der Waals surface area contributed by atoms with Gasteiger partial charge in [-0.25, -0.2) is 0 Å². The maximum absolute atomic E-state index is 11.8. The fraction of sp³-hybridized carbons (Fsp3) is 0.562. The zero-order chi connectivity index (χ0) is 15.7. The van der Waals surface area contributed by atoms with Gasteiger partial charge in [0.05, 0.1) is 18.8 Å². The van der Waals surface area contributed by atoms with Crippen LogP contribution >= 0.6 is 0 Å². The molecular weight excluding hydrogens is 268 g/mol. The molecule has 0 atom stereocenters. The van der Waals surface area contributed by atoms with Crippen LogP contribution in [0, 0.1) is 0 Å². The number of carbonyl (C=O) groups excluding carboxylic acids is 1. The van der Waals surface area contributed by atoms with Crippen molar-refractivity contribution in [1.82, 2.24) is 5.32 Å². The van der Waals surface area contributed by atoms with Crippen LogP contribution in [0.4, 0.5) is 5.69 Å². The summed E-state index contributed by atoms with van der Waals surface area (Å²) >= 11 is 0. The molecule has 0 aliphatic carbocycles. The van der Waals surface area contributed by atoms with Gasteiger partial charge >= 0.3 is 0 Å². The van der Waals surface area contributed by atoms with Gasteiger partial charge in [0.2, 0.25) is 5.91 Å². The van der Waals surface area contributed by atoms with Crippen LogP contribution in [-0.4, -0.2) is 37.8 Å². The summed E-state index contributed by atoms with van der Waals surface area (Å²) in [6.07, 6.45) is 0. The lowest BCUT2D eigenvalue weighted by Crippen LogP contribution is -2.43. The Morgan fingerprint density at radius 3 is 2.57 bits per heavy atom. The molecule has 1 amide bonds. The van der Waals surface area contributed by atoms with Crippen molar-refractivity contribution in [1.29, 1.82) is 0 Å². The molecule has 1 aromatic rings. The standard InChI is InChI=1S/C16H26N2O3/c1-5-20-10-11-21-14-9-7-6-8-13(14)17-12-15(19)18-16(2,3)4/h6-9,17H,5,10-12H2,1-4H3,(H,18,19). The minimum absolute atomic E-state index is 0.0494. The first-order valence-corrected chi connectivity index (χ1v) is 7.27. The number of anilines is 1. The summed E-state index contributed by atoms with van der Waals surface area (Å²) in [6, 6.07) is 7.56. The van der Waals surface area contributed by atoms with E-state index in [1.54, 1.807) is 0 Å². The average Bonchev–Trinajstić information content (AvgIpc) is 2.40. The topological polar surface area (TPSA) is 59.6 Å². The van der Waals surface area contributed by atoms with Crippen LogP contribution in [0.25, 0.3) is 0 Å². The maximum Gasteiger partial charge on any atom is 0.239 e. The minimum Gasteiger partial charge on any atom is -0.489 e. The minimum atomic E-state index is -0.230. The Kier molecular flexibility index (Phi) is 7.02. The molecule has 2 N–H and O–H groups in total. The van der Waals surface area contributed by atoms with Crippen LogP contribution in [0.1, 0.15) is 27.7 Å². The van der Waals surface area contributed by atoms with Gasteiger partial charge in [-0.1, -0.05) is 12.1 Å². The van der Waals surface area contributed by atoms with E-state index in [0.717, 1.165) is 11.4 Å². The van der Waals surface area contributed by atoms with Crippen molar-refractivity contribution in [2.24, 2.45) is 0 Å². The summed E-state index contributed by atoms with van der Waals surface area (Å²) in [5, 5.41) is 6.01. The monoisotopic (exact) mass is 294 g/mol. The highest BCUT2D eigenvalue weighted by Crippen LogP contribution is 2.23. The van der Waals surface area contributed by atoms with Gasteiger partial charge in [-0.05, 0) is 39.8 Å². The molecule has 0 aliphatic rings. The third-order valence-electron chi connectivity index (χ3n) is 2.53. The number of hydrogen-bond acceptors (Lipinski definition) is 4. The lowest BCUT2D eigenvalue weighted by molar-refractivity contribution is -0.120. The third-order valence-corrected chi connectivity index (χ3v) is 2.53. The van der Waals surface area contributed by atoms with Crippen molar-refractivity contribution < 1.29 is 14.3 Å². The first kappa shape index (κ1) is 17.3. The molecule has 5 nitrogen and oxygen atoms in total. The molecule has 0 fully saturated rings. The predicted octanol–water partition coefficient (Wildman–Crippen LogP) is 2.43. The number of amides is 1. The summed E-state index contributed by atoms with van der Waals surface area (Å²) in [5.74, 6) is 0.674. The first-order valence-electron chi connectivity index (χ1n) is 7.27. The molecule has 5 heteroatoms. The largest absolute Gasteiger partial charge is 0.489 e. The number of benzene rings is 1. The van der Waals surface area contributed by atoms with Crippen molar-refractivity contribution in [3.8, 4) is 5.75 Å². The molecule has 0 saturated heterocycles. The van der Waals surface area contributed by atoms with E-state index in [-0.39, 0.29) is 18.0 Å². The second kappa shape index (κ2) is 8.52. The highest BCUT2D eigenvalue weighted by atomic mass is 16.5. The van der Waals surface area contributed by atoms with E-state index in [2.05, 4.69) is 10.6 Å². The number of ether oxygens (including phenoxy) is 2. The predicted molar refractivity (Wildman–Crippen MR) is 84.8 cm³/mol. The number of carbonyl (C=O) groups is 1. The lowest BCUT2D eigenvalue weighted by atomic mass is 10.1. The van der Waals surface area contributed by atoms with Gasteiger partial charge in [0, 0.05) is 12.1 Å². The molecule has 0 spiro atoms. The van der Waals surface area contributed by atoms with Gasteiger partial charge in [0.1, 0.15) is 12.4 Å². The summed E-state index contributed by atoms with van der Waals surface area (Å²) < 4.78 is 10.9. The van der Waals surface area contributed by atoms with Crippen LogP contribution in [0.5, 0.6) is 5.75 Å². The Labute approximate surface area is 127 Å². The summed E-state index contributed by atoms with van der Waals surface area (Å²) in [6.45, 7) is 9.74. The smallest absolute Gasteiger partial charge is 0.239 e. The Bertz CT molecular complexity index is 441. The van der Waals surface area contributed by atoms with Crippen LogP contribution in [0.2, 0.25) is 0 Å². The molecule has 0 radical (unpaired) electrons. The Morgan fingerprint density at radius 1 is 1.19 bits per heavy atom. The van der Waals surface area contributed by atoms with Crippen LogP contribution in [-0.2, 0) is 9.53 Å². The summed E-state index contributed by atoms with van der Waals surface area (Å²) in [7, 11) is 0.